The SMILES string of the molecule is CC(C)(C)NC(=O)OC1CCN(Cc2ccc3c(c2)OCCO3)CC1. The van der Waals surface area contributed by atoms with Gasteiger partial charge in [0, 0.05) is 25.2 Å². The average molecular weight is 348 g/mol. The molecule has 0 spiro atoms. The fourth-order valence-electron chi connectivity index (χ4n) is 3.12. The van der Waals surface area contributed by atoms with Gasteiger partial charge in [0.25, 0.3) is 0 Å². The summed E-state index contributed by atoms with van der Waals surface area (Å²) in [6.45, 7) is 9.78. The van der Waals surface area contributed by atoms with Gasteiger partial charge in [0.05, 0.1) is 0 Å². The van der Waals surface area contributed by atoms with Gasteiger partial charge < -0.3 is 19.5 Å². The van der Waals surface area contributed by atoms with Crippen LogP contribution in [-0.4, -0.2) is 48.9 Å². The summed E-state index contributed by atoms with van der Waals surface area (Å²) in [6.07, 6.45) is 1.40. The fourth-order valence-corrected chi connectivity index (χ4v) is 3.12. The lowest BCUT2D eigenvalue weighted by Gasteiger charge is -2.32. The molecule has 1 saturated heterocycles. The van der Waals surface area contributed by atoms with Crippen molar-refractivity contribution in [2.75, 3.05) is 26.3 Å². The Labute approximate surface area is 149 Å². The van der Waals surface area contributed by atoms with Crippen LogP contribution < -0.4 is 14.8 Å². The maximum absolute atomic E-state index is 11.9. The molecule has 25 heavy (non-hydrogen) atoms. The highest BCUT2D eigenvalue weighted by Gasteiger charge is 2.24. The first-order valence-electron chi connectivity index (χ1n) is 8.99. The third-order valence-corrected chi connectivity index (χ3v) is 4.30. The van der Waals surface area contributed by atoms with Gasteiger partial charge in [-0.15, -0.1) is 0 Å². The first-order chi connectivity index (χ1) is 11.9. The molecule has 2 aliphatic rings. The normalized spacial score (nSPS) is 18.7. The second-order valence-corrected chi connectivity index (χ2v) is 7.73. The number of amides is 1. The summed E-state index contributed by atoms with van der Waals surface area (Å²) in [5.74, 6) is 1.66. The van der Waals surface area contributed by atoms with Crippen LogP contribution in [0, 0.1) is 0 Å². The molecule has 0 saturated carbocycles. The number of fused-ring (bicyclic) bond motifs is 1. The van der Waals surface area contributed by atoms with Gasteiger partial charge in [-0.1, -0.05) is 6.07 Å². The van der Waals surface area contributed by atoms with Crippen LogP contribution in [0.4, 0.5) is 4.79 Å². The van der Waals surface area contributed by atoms with E-state index in [2.05, 4.69) is 22.3 Å². The summed E-state index contributed by atoms with van der Waals surface area (Å²) < 4.78 is 16.7. The van der Waals surface area contributed by atoms with Crippen molar-refractivity contribution in [1.29, 1.82) is 0 Å². The topological polar surface area (TPSA) is 60.0 Å². The van der Waals surface area contributed by atoms with Crippen molar-refractivity contribution in [3.05, 3.63) is 23.8 Å². The third kappa shape index (κ3) is 5.26. The van der Waals surface area contributed by atoms with Crippen LogP contribution in [0.15, 0.2) is 18.2 Å². The summed E-state index contributed by atoms with van der Waals surface area (Å²) in [7, 11) is 0. The van der Waals surface area contributed by atoms with Crippen molar-refractivity contribution in [3.8, 4) is 11.5 Å². The second-order valence-electron chi connectivity index (χ2n) is 7.73. The first-order valence-corrected chi connectivity index (χ1v) is 8.99. The van der Waals surface area contributed by atoms with Crippen LogP contribution in [-0.2, 0) is 11.3 Å². The van der Waals surface area contributed by atoms with Crippen molar-refractivity contribution in [1.82, 2.24) is 10.2 Å². The molecule has 0 aliphatic carbocycles. The van der Waals surface area contributed by atoms with Crippen molar-refractivity contribution < 1.29 is 19.0 Å². The van der Waals surface area contributed by atoms with Crippen LogP contribution >= 0.6 is 0 Å². The van der Waals surface area contributed by atoms with E-state index in [0.29, 0.717) is 13.2 Å². The minimum atomic E-state index is -0.321. The molecule has 138 valence electrons. The lowest BCUT2D eigenvalue weighted by Crippen LogP contribution is -2.44. The lowest BCUT2D eigenvalue weighted by molar-refractivity contribution is 0.0452. The van der Waals surface area contributed by atoms with Gasteiger partial charge in [-0.05, 0) is 51.3 Å². The van der Waals surface area contributed by atoms with Crippen molar-refractivity contribution in [2.45, 2.75) is 51.8 Å². The zero-order valence-electron chi connectivity index (χ0n) is 15.3. The smallest absolute Gasteiger partial charge is 0.407 e. The van der Waals surface area contributed by atoms with Gasteiger partial charge in [0.15, 0.2) is 11.5 Å². The molecule has 1 aromatic carbocycles. The molecule has 0 bridgehead atoms. The Bertz CT molecular complexity index is 604. The second kappa shape index (κ2) is 7.52. The van der Waals surface area contributed by atoms with E-state index in [-0.39, 0.29) is 17.7 Å². The molecule has 0 aromatic heterocycles. The number of benzene rings is 1. The largest absolute Gasteiger partial charge is 0.486 e. The number of nitrogens with zero attached hydrogens (tertiary/aromatic N) is 1. The van der Waals surface area contributed by atoms with Crippen LogP contribution in [0.1, 0.15) is 39.2 Å². The molecular formula is C19H28N2O4. The number of piperidine rings is 1. The number of nitrogens with one attached hydrogen (secondary N) is 1. The van der Waals surface area contributed by atoms with Gasteiger partial charge in [-0.3, -0.25) is 4.90 Å². The first kappa shape index (κ1) is 17.9. The van der Waals surface area contributed by atoms with Crippen LogP contribution in [0.5, 0.6) is 11.5 Å². The van der Waals surface area contributed by atoms with E-state index in [9.17, 15) is 4.79 Å². The Morgan fingerprint density at radius 1 is 1.20 bits per heavy atom. The van der Waals surface area contributed by atoms with E-state index in [0.717, 1.165) is 44.0 Å². The highest BCUT2D eigenvalue weighted by atomic mass is 16.6. The molecule has 2 aliphatic heterocycles. The maximum Gasteiger partial charge on any atom is 0.407 e. The molecule has 1 amide bonds. The standard InChI is InChI=1S/C19H28N2O4/c1-19(2,3)20-18(22)25-15-6-8-21(9-7-15)13-14-4-5-16-17(12-14)24-11-10-23-16/h4-5,12,15H,6-11,13H2,1-3H3,(H,20,22). The quantitative estimate of drug-likeness (QED) is 0.910. The minimum absolute atomic E-state index is 0.00105. The molecule has 1 aromatic rings. The Morgan fingerprint density at radius 2 is 1.88 bits per heavy atom. The Kier molecular flexibility index (Phi) is 5.37. The van der Waals surface area contributed by atoms with Crippen molar-refractivity contribution in [3.63, 3.8) is 0 Å². The zero-order chi connectivity index (χ0) is 17.9. The van der Waals surface area contributed by atoms with Crippen LogP contribution in [0.2, 0.25) is 0 Å². The van der Waals surface area contributed by atoms with Gasteiger partial charge in [0.2, 0.25) is 0 Å². The zero-order valence-corrected chi connectivity index (χ0v) is 15.3. The number of ether oxygens (including phenoxy) is 3. The molecule has 1 fully saturated rings. The minimum Gasteiger partial charge on any atom is -0.486 e. The van der Waals surface area contributed by atoms with Crippen molar-refractivity contribution >= 4 is 6.09 Å². The number of likely N-dealkylation sites (tertiary alicyclic amines) is 1. The predicted octanol–water partition coefficient (Wildman–Crippen LogP) is 2.95. The van der Waals surface area contributed by atoms with Crippen LogP contribution in [0.3, 0.4) is 0 Å². The molecule has 3 rings (SSSR count). The maximum atomic E-state index is 11.9. The van der Waals surface area contributed by atoms with Gasteiger partial charge in [-0.2, -0.15) is 0 Å². The monoisotopic (exact) mass is 348 g/mol. The number of carbonyl (C=O) groups excluding carboxylic acids is 1. The number of rotatable bonds is 3. The summed E-state index contributed by atoms with van der Waals surface area (Å²) in [5.41, 5.74) is 0.949. The van der Waals surface area contributed by atoms with E-state index in [1.807, 2.05) is 26.8 Å². The number of alkyl carbamates (subject to hydrolysis) is 1. The van der Waals surface area contributed by atoms with Gasteiger partial charge in [0.1, 0.15) is 19.3 Å². The molecule has 0 unspecified atom stereocenters. The summed E-state index contributed by atoms with van der Waals surface area (Å²) in [6, 6.07) is 6.14. The highest BCUT2D eigenvalue weighted by Crippen LogP contribution is 2.31. The average Bonchev–Trinajstić information content (AvgIpc) is 2.55. The van der Waals surface area contributed by atoms with E-state index in [4.69, 9.17) is 14.2 Å². The molecule has 0 radical (unpaired) electrons. The molecular weight excluding hydrogens is 320 g/mol. The van der Waals surface area contributed by atoms with Gasteiger partial charge in [-0.25, -0.2) is 4.79 Å². The Morgan fingerprint density at radius 3 is 2.56 bits per heavy atom. The molecule has 0 atom stereocenters. The molecule has 2 heterocycles. The lowest BCUT2D eigenvalue weighted by atomic mass is 10.1. The highest BCUT2D eigenvalue weighted by molar-refractivity contribution is 5.68. The Hall–Kier alpha value is -1.95. The molecule has 6 nitrogen and oxygen atoms in total. The van der Waals surface area contributed by atoms with E-state index >= 15 is 0 Å². The predicted molar refractivity (Wildman–Crippen MR) is 95.1 cm³/mol. The number of carbonyl (C=O) groups is 1. The van der Waals surface area contributed by atoms with E-state index < -0.39 is 0 Å². The molecule has 1 N–H and O–H groups in total. The molecule has 6 heteroatoms. The van der Waals surface area contributed by atoms with Crippen LogP contribution in [0.25, 0.3) is 0 Å². The third-order valence-electron chi connectivity index (χ3n) is 4.30. The summed E-state index contributed by atoms with van der Waals surface area (Å²) >= 11 is 0. The van der Waals surface area contributed by atoms with E-state index in [1.165, 1.54) is 5.56 Å². The van der Waals surface area contributed by atoms with Crippen molar-refractivity contribution in [2.24, 2.45) is 0 Å². The van der Waals surface area contributed by atoms with Gasteiger partial charge >= 0.3 is 6.09 Å². The Balaban J connectivity index is 1.46. The summed E-state index contributed by atoms with van der Waals surface area (Å²) in [4.78, 5) is 14.2. The summed E-state index contributed by atoms with van der Waals surface area (Å²) in [5, 5.41) is 2.85. The number of hydrogen-bond donors (Lipinski definition) is 1. The fraction of sp³-hybridized carbons (Fsp3) is 0.632. The number of hydrogen-bond acceptors (Lipinski definition) is 5. The van der Waals surface area contributed by atoms with E-state index in [1.54, 1.807) is 0 Å².